The number of H-pyrrole nitrogens is 1. The van der Waals surface area contributed by atoms with Crippen molar-refractivity contribution in [3.63, 3.8) is 0 Å². The fraction of sp³-hybridized carbons (Fsp3) is 0.286. The molecule has 1 N–H and O–H groups in total. The van der Waals surface area contributed by atoms with Gasteiger partial charge in [0.2, 0.25) is 5.88 Å². The maximum atomic E-state index is 12.6. The van der Waals surface area contributed by atoms with Crippen LogP contribution in [-0.2, 0) is 4.74 Å². The topological polar surface area (TPSA) is 80.3 Å². The molecule has 0 spiro atoms. The Labute approximate surface area is 162 Å². The van der Waals surface area contributed by atoms with Crippen molar-refractivity contribution in [2.24, 2.45) is 0 Å². The number of amides is 1. The van der Waals surface area contributed by atoms with Crippen LogP contribution in [0.5, 0.6) is 5.88 Å². The number of rotatable bonds is 4. The van der Waals surface area contributed by atoms with Gasteiger partial charge in [0.15, 0.2) is 5.82 Å². The molecule has 5 rings (SSSR count). The number of likely N-dealkylation sites (tertiary alicyclic amines) is 1. The van der Waals surface area contributed by atoms with Gasteiger partial charge in [-0.2, -0.15) is 0 Å². The highest BCUT2D eigenvalue weighted by Crippen LogP contribution is 2.29. The van der Waals surface area contributed by atoms with E-state index in [1.165, 1.54) is 5.57 Å². The molecule has 0 unspecified atom stereocenters. The standard InChI is InChI=1S/C21H20N4O3/c26-21(19-23-17-5-1-2-6-18(17)24-19)25-12-15(13-25)28-20-16(4-3-9-22-20)14-7-10-27-11-8-14/h1-7,9,15H,8,10-13H2,(H,23,24). The molecular weight excluding hydrogens is 356 g/mol. The minimum Gasteiger partial charge on any atom is -0.470 e. The summed E-state index contributed by atoms with van der Waals surface area (Å²) < 4.78 is 11.5. The first-order chi connectivity index (χ1) is 13.8. The van der Waals surface area contributed by atoms with Crippen LogP contribution in [0.3, 0.4) is 0 Å². The maximum absolute atomic E-state index is 12.6. The van der Waals surface area contributed by atoms with Crippen LogP contribution in [0.15, 0.2) is 48.7 Å². The number of imidazole rings is 1. The van der Waals surface area contributed by atoms with Crippen LogP contribution >= 0.6 is 0 Å². The van der Waals surface area contributed by atoms with E-state index in [0.717, 1.165) is 23.0 Å². The molecule has 7 heteroatoms. The van der Waals surface area contributed by atoms with Crippen molar-refractivity contribution in [2.75, 3.05) is 26.3 Å². The molecule has 1 aromatic carbocycles. The van der Waals surface area contributed by atoms with Crippen molar-refractivity contribution in [3.8, 4) is 5.88 Å². The molecule has 1 amide bonds. The Balaban J connectivity index is 1.25. The van der Waals surface area contributed by atoms with Crippen LogP contribution in [0.2, 0.25) is 0 Å². The van der Waals surface area contributed by atoms with Crippen LogP contribution in [0.1, 0.15) is 22.6 Å². The van der Waals surface area contributed by atoms with Crippen LogP contribution in [-0.4, -0.2) is 58.2 Å². The van der Waals surface area contributed by atoms with Crippen molar-refractivity contribution in [2.45, 2.75) is 12.5 Å². The maximum Gasteiger partial charge on any atom is 0.289 e. The lowest BCUT2D eigenvalue weighted by atomic mass is 10.0. The summed E-state index contributed by atoms with van der Waals surface area (Å²) in [6, 6.07) is 11.6. The van der Waals surface area contributed by atoms with Gasteiger partial charge < -0.3 is 19.4 Å². The zero-order valence-electron chi connectivity index (χ0n) is 15.3. The number of hydrogen-bond donors (Lipinski definition) is 1. The first kappa shape index (κ1) is 16.9. The Kier molecular flexibility index (Phi) is 4.29. The average molecular weight is 376 g/mol. The second-order valence-corrected chi connectivity index (χ2v) is 6.96. The minimum atomic E-state index is -0.107. The molecule has 1 fully saturated rings. The number of para-hydroxylation sites is 2. The molecule has 2 aromatic heterocycles. The third kappa shape index (κ3) is 3.14. The second kappa shape index (κ2) is 7.09. The molecule has 0 atom stereocenters. The first-order valence-corrected chi connectivity index (χ1v) is 9.41. The molecule has 2 aliphatic rings. The monoisotopic (exact) mass is 376 g/mol. The van der Waals surface area contributed by atoms with Gasteiger partial charge in [0, 0.05) is 11.8 Å². The van der Waals surface area contributed by atoms with E-state index in [2.05, 4.69) is 21.0 Å². The highest BCUT2D eigenvalue weighted by molar-refractivity contribution is 5.94. The summed E-state index contributed by atoms with van der Waals surface area (Å²) in [5.41, 5.74) is 3.86. The third-order valence-electron chi connectivity index (χ3n) is 5.09. The van der Waals surface area contributed by atoms with E-state index >= 15 is 0 Å². The summed E-state index contributed by atoms with van der Waals surface area (Å²) in [6.45, 7) is 2.37. The summed E-state index contributed by atoms with van der Waals surface area (Å²) in [5.74, 6) is 0.881. The lowest BCUT2D eigenvalue weighted by molar-refractivity contribution is 0.0151. The number of aromatic nitrogens is 3. The van der Waals surface area contributed by atoms with E-state index in [1.807, 2.05) is 36.4 Å². The number of aromatic amines is 1. The van der Waals surface area contributed by atoms with E-state index in [0.29, 0.717) is 38.0 Å². The fourth-order valence-electron chi connectivity index (χ4n) is 3.54. The molecular formula is C21H20N4O3. The second-order valence-electron chi connectivity index (χ2n) is 6.96. The molecule has 3 aromatic rings. The van der Waals surface area contributed by atoms with Crippen LogP contribution in [0.25, 0.3) is 16.6 Å². The zero-order valence-corrected chi connectivity index (χ0v) is 15.3. The van der Waals surface area contributed by atoms with Crippen molar-refractivity contribution in [1.82, 2.24) is 19.9 Å². The van der Waals surface area contributed by atoms with Gasteiger partial charge in [0.05, 0.1) is 37.3 Å². The first-order valence-electron chi connectivity index (χ1n) is 9.41. The SMILES string of the molecule is O=C(c1nc2ccccc2[nH]1)N1CC(Oc2ncccc2C2=CCOCC2)C1. The van der Waals surface area contributed by atoms with Gasteiger partial charge in [-0.15, -0.1) is 0 Å². The van der Waals surface area contributed by atoms with E-state index in [4.69, 9.17) is 9.47 Å². The Bertz CT molecular complexity index is 1020. The average Bonchev–Trinajstić information content (AvgIpc) is 3.15. The largest absolute Gasteiger partial charge is 0.470 e. The van der Waals surface area contributed by atoms with Crippen LogP contribution in [0.4, 0.5) is 0 Å². The summed E-state index contributed by atoms with van der Waals surface area (Å²) in [7, 11) is 0. The Morgan fingerprint density at radius 2 is 2.11 bits per heavy atom. The van der Waals surface area contributed by atoms with Crippen molar-refractivity contribution < 1.29 is 14.3 Å². The quantitative estimate of drug-likeness (QED) is 0.757. The Morgan fingerprint density at radius 3 is 2.93 bits per heavy atom. The summed E-state index contributed by atoms with van der Waals surface area (Å²) in [4.78, 5) is 26.3. The summed E-state index contributed by atoms with van der Waals surface area (Å²) in [5, 5.41) is 0. The highest BCUT2D eigenvalue weighted by atomic mass is 16.5. The number of benzene rings is 1. The lowest BCUT2D eigenvalue weighted by Crippen LogP contribution is -2.56. The number of hydrogen-bond acceptors (Lipinski definition) is 5. The van der Waals surface area contributed by atoms with Gasteiger partial charge in [-0.05, 0) is 36.3 Å². The molecule has 2 aliphatic heterocycles. The normalized spacial score (nSPS) is 17.3. The number of carbonyl (C=O) groups excluding carboxylic acids is 1. The third-order valence-corrected chi connectivity index (χ3v) is 5.09. The van der Waals surface area contributed by atoms with Crippen molar-refractivity contribution in [1.29, 1.82) is 0 Å². The highest BCUT2D eigenvalue weighted by Gasteiger charge is 2.35. The molecule has 1 saturated heterocycles. The van der Waals surface area contributed by atoms with E-state index < -0.39 is 0 Å². The minimum absolute atomic E-state index is 0.0672. The number of nitrogens with one attached hydrogen (secondary N) is 1. The fourth-order valence-corrected chi connectivity index (χ4v) is 3.54. The number of carbonyl (C=O) groups is 1. The van der Waals surface area contributed by atoms with Gasteiger partial charge in [-0.1, -0.05) is 18.2 Å². The molecule has 7 nitrogen and oxygen atoms in total. The lowest BCUT2D eigenvalue weighted by Gasteiger charge is -2.38. The Hall–Kier alpha value is -3.19. The van der Waals surface area contributed by atoms with Gasteiger partial charge in [0.1, 0.15) is 6.10 Å². The Morgan fingerprint density at radius 1 is 1.21 bits per heavy atom. The van der Waals surface area contributed by atoms with E-state index in [9.17, 15) is 4.79 Å². The molecule has 4 heterocycles. The van der Waals surface area contributed by atoms with Gasteiger partial charge in [0.25, 0.3) is 5.91 Å². The number of pyridine rings is 1. The van der Waals surface area contributed by atoms with E-state index in [1.54, 1.807) is 11.1 Å². The molecule has 28 heavy (non-hydrogen) atoms. The van der Waals surface area contributed by atoms with Crippen LogP contribution < -0.4 is 4.74 Å². The predicted octanol–water partition coefficient (Wildman–Crippen LogP) is 2.67. The molecule has 142 valence electrons. The summed E-state index contributed by atoms with van der Waals surface area (Å²) in [6.07, 6.45) is 4.59. The smallest absolute Gasteiger partial charge is 0.289 e. The van der Waals surface area contributed by atoms with Crippen molar-refractivity contribution >= 4 is 22.5 Å². The van der Waals surface area contributed by atoms with Crippen molar-refractivity contribution in [3.05, 3.63) is 60.1 Å². The summed E-state index contributed by atoms with van der Waals surface area (Å²) >= 11 is 0. The molecule has 0 bridgehead atoms. The molecule has 0 aliphatic carbocycles. The molecule has 0 saturated carbocycles. The predicted molar refractivity (Wildman–Crippen MR) is 104 cm³/mol. The van der Waals surface area contributed by atoms with Gasteiger partial charge in [-0.3, -0.25) is 4.79 Å². The van der Waals surface area contributed by atoms with Gasteiger partial charge >= 0.3 is 0 Å². The molecule has 0 radical (unpaired) electrons. The zero-order chi connectivity index (χ0) is 18.9. The number of nitrogens with zero attached hydrogens (tertiary/aromatic N) is 3. The number of ether oxygens (including phenoxy) is 2. The number of fused-ring (bicyclic) bond motifs is 1. The van der Waals surface area contributed by atoms with Gasteiger partial charge in [-0.25, -0.2) is 9.97 Å². The van der Waals surface area contributed by atoms with E-state index in [-0.39, 0.29) is 12.0 Å². The van der Waals surface area contributed by atoms with Crippen LogP contribution in [0, 0.1) is 0 Å².